The van der Waals surface area contributed by atoms with E-state index in [1.807, 2.05) is 42.5 Å². The molecule has 0 bridgehead atoms. The molecule has 0 amide bonds. The van der Waals surface area contributed by atoms with Gasteiger partial charge in [-0.05, 0) is 40.2 Å². The first-order valence-corrected chi connectivity index (χ1v) is 7.13. The number of fused-ring (bicyclic) bond motifs is 3. The largest absolute Gasteiger partial charge is 0.389 e. The monoisotopic (exact) mass is 281 g/mol. The first-order chi connectivity index (χ1) is 10.2. The van der Waals surface area contributed by atoms with E-state index in [0.717, 1.165) is 27.1 Å². The quantitative estimate of drug-likeness (QED) is 0.644. The average molecular weight is 281 g/mol. The van der Waals surface area contributed by atoms with Crippen LogP contribution in [0.2, 0.25) is 0 Å². The van der Waals surface area contributed by atoms with Crippen LogP contribution in [0.5, 0.6) is 0 Å². The highest BCUT2D eigenvalue weighted by Crippen LogP contribution is 2.32. The predicted molar refractivity (Wildman–Crippen MR) is 86.3 cm³/mol. The lowest BCUT2D eigenvalue weighted by molar-refractivity contribution is 0.0212. The number of benzene rings is 3. The summed E-state index contributed by atoms with van der Waals surface area (Å²) in [6, 6.07) is 18.1. The van der Waals surface area contributed by atoms with Gasteiger partial charge >= 0.3 is 0 Å². The molecule has 0 radical (unpaired) electrons. The highest BCUT2D eigenvalue weighted by Gasteiger charge is 2.20. The lowest BCUT2D eigenvalue weighted by Crippen LogP contribution is -2.29. The fourth-order valence-corrected chi connectivity index (χ4v) is 2.86. The van der Waals surface area contributed by atoms with Gasteiger partial charge in [0.25, 0.3) is 0 Å². The Morgan fingerprint density at radius 1 is 0.905 bits per heavy atom. The summed E-state index contributed by atoms with van der Waals surface area (Å²) in [4.78, 5) is 0. The van der Waals surface area contributed by atoms with E-state index < -0.39 is 12.2 Å². The fourth-order valence-electron chi connectivity index (χ4n) is 2.86. The molecule has 0 aromatic heterocycles. The zero-order valence-corrected chi connectivity index (χ0v) is 12.0. The molecule has 2 unspecified atom stereocenters. The summed E-state index contributed by atoms with van der Waals surface area (Å²) in [5, 5.41) is 27.8. The van der Waals surface area contributed by atoms with Crippen molar-refractivity contribution in [3.05, 3.63) is 60.2 Å². The molecule has 21 heavy (non-hydrogen) atoms. The van der Waals surface area contributed by atoms with E-state index in [1.165, 1.54) is 0 Å². The van der Waals surface area contributed by atoms with Crippen LogP contribution in [0.3, 0.4) is 0 Å². The van der Waals surface area contributed by atoms with Gasteiger partial charge in [-0.3, -0.25) is 0 Å². The van der Waals surface area contributed by atoms with Gasteiger partial charge in [0.15, 0.2) is 0 Å². The topological polar surface area (TPSA) is 52.5 Å². The van der Waals surface area contributed by atoms with Crippen LogP contribution >= 0.6 is 0 Å². The van der Waals surface area contributed by atoms with E-state index in [2.05, 4.69) is 17.4 Å². The maximum atomic E-state index is 10.5. The Hall–Kier alpha value is -1.94. The van der Waals surface area contributed by atoms with Gasteiger partial charge in [0.05, 0.1) is 6.10 Å². The normalized spacial score (nSPS) is 14.4. The maximum Gasteiger partial charge on any atom is 0.107 e. The summed E-state index contributed by atoms with van der Waals surface area (Å²) in [5.74, 6) is 0. The summed E-state index contributed by atoms with van der Waals surface area (Å²) in [6.07, 6.45) is -1.74. The number of hydrogen-bond donors (Lipinski definition) is 3. The van der Waals surface area contributed by atoms with Gasteiger partial charge in [0.1, 0.15) is 6.10 Å². The number of likely N-dealkylation sites (N-methyl/N-ethyl adjacent to an activating group) is 1. The molecule has 0 heterocycles. The molecule has 3 N–H and O–H groups in total. The van der Waals surface area contributed by atoms with Crippen molar-refractivity contribution in [3.63, 3.8) is 0 Å². The third-order valence-corrected chi connectivity index (χ3v) is 3.90. The van der Waals surface area contributed by atoms with Crippen molar-refractivity contribution in [2.75, 3.05) is 13.6 Å². The molecule has 0 saturated heterocycles. The zero-order valence-electron chi connectivity index (χ0n) is 12.0. The van der Waals surface area contributed by atoms with Crippen molar-refractivity contribution in [2.45, 2.75) is 12.2 Å². The second-order valence-corrected chi connectivity index (χ2v) is 5.30. The Bertz CT molecular complexity index is 769. The molecule has 0 aliphatic rings. The van der Waals surface area contributed by atoms with Crippen molar-refractivity contribution >= 4 is 21.5 Å². The molecule has 0 aliphatic carbocycles. The lowest BCUT2D eigenvalue weighted by Gasteiger charge is -2.20. The third kappa shape index (κ3) is 2.51. The first kappa shape index (κ1) is 14.0. The summed E-state index contributed by atoms with van der Waals surface area (Å²) in [7, 11) is 1.76. The number of nitrogens with one attached hydrogen (secondary N) is 1. The van der Waals surface area contributed by atoms with Crippen LogP contribution in [0, 0.1) is 0 Å². The number of aliphatic hydroxyl groups is 2. The number of hydrogen-bond acceptors (Lipinski definition) is 3. The van der Waals surface area contributed by atoms with Gasteiger partial charge in [0, 0.05) is 6.54 Å². The molecule has 0 fully saturated rings. The Morgan fingerprint density at radius 2 is 1.52 bits per heavy atom. The molecular formula is C18H19NO2. The molecule has 3 rings (SSSR count). The summed E-state index contributed by atoms with van der Waals surface area (Å²) in [6.45, 7) is 0.350. The van der Waals surface area contributed by atoms with Crippen LogP contribution in [0.25, 0.3) is 21.5 Å². The Kier molecular flexibility index (Phi) is 3.88. The molecule has 3 aromatic rings. The minimum atomic E-state index is -0.910. The Morgan fingerprint density at radius 3 is 2.24 bits per heavy atom. The van der Waals surface area contributed by atoms with E-state index in [1.54, 1.807) is 7.05 Å². The summed E-state index contributed by atoms with van der Waals surface area (Å²) < 4.78 is 0. The van der Waals surface area contributed by atoms with Crippen molar-refractivity contribution < 1.29 is 10.2 Å². The smallest absolute Gasteiger partial charge is 0.107 e. The molecule has 0 spiro atoms. The van der Waals surface area contributed by atoms with Gasteiger partial charge in [-0.1, -0.05) is 48.5 Å². The molecule has 3 aromatic carbocycles. The second kappa shape index (κ2) is 5.82. The van der Waals surface area contributed by atoms with Crippen molar-refractivity contribution in [2.24, 2.45) is 0 Å². The van der Waals surface area contributed by atoms with E-state index in [-0.39, 0.29) is 0 Å². The third-order valence-electron chi connectivity index (χ3n) is 3.90. The Balaban J connectivity index is 2.25. The average Bonchev–Trinajstić information content (AvgIpc) is 2.53. The molecular weight excluding hydrogens is 262 g/mol. The van der Waals surface area contributed by atoms with Crippen LogP contribution in [0.4, 0.5) is 0 Å². The number of aliphatic hydroxyl groups excluding tert-OH is 2. The lowest BCUT2D eigenvalue weighted by atomic mass is 9.92. The second-order valence-electron chi connectivity index (χ2n) is 5.30. The van der Waals surface area contributed by atoms with Crippen LogP contribution < -0.4 is 5.32 Å². The molecule has 2 atom stereocenters. The van der Waals surface area contributed by atoms with E-state index in [0.29, 0.717) is 6.54 Å². The first-order valence-electron chi connectivity index (χ1n) is 7.13. The van der Waals surface area contributed by atoms with Crippen LogP contribution in [-0.4, -0.2) is 29.9 Å². The van der Waals surface area contributed by atoms with Gasteiger partial charge in [-0.25, -0.2) is 0 Å². The molecule has 0 saturated carbocycles. The standard InChI is InChI=1S/C18H19NO2/c1-19-11-17(20)18(21)16-10-12-6-2-3-7-13(12)14-8-4-5-9-15(14)16/h2-10,17-21H,11H2,1H3. The van der Waals surface area contributed by atoms with Gasteiger partial charge in [-0.15, -0.1) is 0 Å². The zero-order chi connectivity index (χ0) is 14.8. The van der Waals surface area contributed by atoms with E-state index >= 15 is 0 Å². The highest BCUT2D eigenvalue weighted by atomic mass is 16.3. The molecule has 3 heteroatoms. The van der Waals surface area contributed by atoms with Gasteiger partial charge < -0.3 is 15.5 Å². The highest BCUT2D eigenvalue weighted by molar-refractivity contribution is 6.09. The Labute approximate surface area is 123 Å². The molecule has 0 aliphatic heterocycles. The van der Waals surface area contributed by atoms with E-state index in [4.69, 9.17) is 0 Å². The summed E-state index contributed by atoms with van der Waals surface area (Å²) in [5.41, 5.74) is 0.770. The maximum absolute atomic E-state index is 10.5. The molecule has 3 nitrogen and oxygen atoms in total. The van der Waals surface area contributed by atoms with Gasteiger partial charge in [-0.2, -0.15) is 0 Å². The minimum absolute atomic E-state index is 0.350. The van der Waals surface area contributed by atoms with Crippen molar-refractivity contribution in [3.8, 4) is 0 Å². The minimum Gasteiger partial charge on any atom is -0.389 e. The fraction of sp³-hybridized carbons (Fsp3) is 0.222. The van der Waals surface area contributed by atoms with Crippen molar-refractivity contribution in [1.29, 1.82) is 0 Å². The summed E-state index contributed by atoms with van der Waals surface area (Å²) >= 11 is 0. The predicted octanol–water partition coefficient (Wildman–Crippen LogP) is 2.61. The number of rotatable bonds is 4. The van der Waals surface area contributed by atoms with E-state index in [9.17, 15) is 10.2 Å². The molecule has 108 valence electrons. The van der Waals surface area contributed by atoms with Gasteiger partial charge in [0.2, 0.25) is 0 Å². The van der Waals surface area contributed by atoms with Crippen molar-refractivity contribution in [1.82, 2.24) is 5.32 Å². The SMILES string of the molecule is CNCC(O)C(O)c1cc2ccccc2c2ccccc12. The van der Waals surface area contributed by atoms with Crippen LogP contribution in [0.15, 0.2) is 54.6 Å². The van der Waals surface area contributed by atoms with Crippen LogP contribution in [0.1, 0.15) is 11.7 Å². The van der Waals surface area contributed by atoms with Crippen LogP contribution in [-0.2, 0) is 0 Å².